The van der Waals surface area contributed by atoms with Gasteiger partial charge in [0.1, 0.15) is 24.7 Å². The molecule has 3 saturated heterocycles. The number of fused-ring (bicyclic) bond motifs is 1. The number of halogens is 2. The molecule has 18 heteroatoms. The Kier molecular flexibility index (Phi) is 16.7. The highest BCUT2D eigenvalue weighted by atomic mass is 19.3. The number of aliphatic carboxylic acids is 1. The van der Waals surface area contributed by atoms with Crippen LogP contribution in [0.3, 0.4) is 0 Å². The number of carboxylic acid groups (broad SMARTS) is 1. The van der Waals surface area contributed by atoms with Crippen molar-refractivity contribution in [2.24, 2.45) is 27.8 Å². The van der Waals surface area contributed by atoms with Gasteiger partial charge in [-0.25, -0.2) is 13.6 Å². The van der Waals surface area contributed by atoms with Crippen molar-refractivity contribution in [2.75, 3.05) is 13.3 Å². The van der Waals surface area contributed by atoms with Gasteiger partial charge in [0.05, 0.1) is 17.6 Å². The van der Waals surface area contributed by atoms with Gasteiger partial charge in [0.25, 0.3) is 11.8 Å². The van der Waals surface area contributed by atoms with Crippen LogP contribution in [0.1, 0.15) is 98.3 Å². The van der Waals surface area contributed by atoms with E-state index < -0.39 is 84.5 Å². The largest absolute Gasteiger partial charge is 0.480 e. The molecule has 9 atom stereocenters. The second-order valence-corrected chi connectivity index (χ2v) is 15.2. The first-order valence-electron chi connectivity index (χ1n) is 18.8. The molecule has 3 aliphatic rings. The van der Waals surface area contributed by atoms with Crippen molar-refractivity contribution in [3.05, 3.63) is 24.3 Å². The second kappa shape index (κ2) is 20.0. The molecular formula is C37H59F2N5O11. The number of carboxylic acids is 1. The van der Waals surface area contributed by atoms with Crippen molar-refractivity contribution in [3.63, 3.8) is 0 Å². The number of aliphatic hydroxyl groups excluding tert-OH is 1. The van der Waals surface area contributed by atoms with Crippen LogP contribution in [-0.4, -0.2) is 113 Å². The van der Waals surface area contributed by atoms with Gasteiger partial charge in [-0.1, -0.05) is 58.3 Å². The van der Waals surface area contributed by atoms with Gasteiger partial charge in [-0.05, 0) is 45.1 Å². The molecule has 16 nitrogen and oxygen atoms in total. The monoisotopic (exact) mass is 787 g/mol. The van der Waals surface area contributed by atoms with Crippen LogP contribution in [-0.2, 0) is 38.1 Å². The Morgan fingerprint density at radius 3 is 2.40 bits per heavy atom. The van der Waals surface area contributed by atoms with E-state index in [1.54, 1.807) is 13.0 Å². The molecule has 3 aliphatic heterocycles. The van der Waals surface area contributed by atoms with Crippen LogP contribution in [0.2, 0.25) is 0 Å². The number of amides is 2. The van der Waals surface area contributed by atoms with E-state index in [4.69, 9.17) is 30.4 Å². The summed E-state index contributed by atoms with van der Waals surface area (Å²) in [5.41, 5.74) is 9.23. The highest BCUT2D eigenvalue weighted by Gasteiger charge is 2.67. The van der Waals surface area contributed by atoms with Crippen molar-refractivity contribution in [1.82, 2.24) is 10.6 Å². The molecule has 0 bridgehead atoms. The SMILES string of the molecule is C=C1C[C@](O)(C(O)C(=O)N[C@H]2OCO[C@H]3[C@@H]2OC(CC(=O)CCCCCCC/C=C/C(=O)NC(CCCN=C(N)N)C(=O)O)C(C)(C)C3(F)F)O[C@H](C)[C@@H]1C. The minimum Gasteiger partial charge on any atom is -0.480 e. The van der Waals surface area contributed by atoms with E-state index in [0.717, 1.165) is 19.3 Å². The lowest BCUT2D eigenvalue weighted by molar-refractivity contribution is -0.370. The number of rotatable bonds is 20. The summed E-state index contributed by atoms with van der Waals surface area (Å²) in [6.07, 6.45) is -1.46. The molecule has 0 aromatic carbocycles. The molecule has 3 unspecified atom stereocenters. The lowest BCUT2D eigenvalue weighted by Crippen LogP contribution is -2.71. The Morgan fingerprint density at radius 1 is 1.07 bits per heavy atom. The third kappa shape index (κ3) is 12.2. The molecule has 55 heavy (non-hydrogen) atoms. The normalized spacial score (nSPS) is 29.8. The van der Waals surface area contributed by atoms with Gasteiger partial charge in [0, 0.05) is 31.7 Å². The minimum absolute atomic E-state index is 0.0921. The fourth-order valence-corrected chi connectivity index (χ4v) is 6.82. The highest BCUT2D eigenvalue weighted by Crippen LogP contribution is 2.51. The number of nitrogens with two attached hydrogens (primary N) is 2. The third-order valence-corrected chi connectivity index (χ3v) is 10.7. The number of alkyl halides is 2. The maximum absolute atomic E-state index is 16.0. The van der Waals surface area contributed by atoms with Gasteiger partial charge in [0.15, 0.2) is 24.4 Å². The van der Waals surface area contributed by atoms with Crippen LogP contribution in [0.25, 0.3) is 0 Å². The van der Waals surface area contributed by atoms with E-state index in [-0.39, 0.29) is 49.9 Å². The molecule has 9 N–H and O–H groups in total. The number of carbonyl (C=O) groups excluding carboxylic acids is 3. The fraction of sp³-hybridized carbons (Fsp3) is 0.757. The topological polar surface area (TPSA) is 254 Å². The maximum atomic E-state index is 16.0. The number of guanidine groups is 1. The molecule has 0 aliphatic carbocycles. The standard InChI is InChI=1S/C37H59F2N5O11/c1-21-19-36(51,55-23(3)22(21)2)29(47)31(48)44-32-28-30(52-20-53-32)37(38,39)35(4,5)26(54-28)18-24(45)14-11-9-7-6-8-10-12-16-27(46)43-25(33(49)50)15-13-17-42-34(40)41/h12,16,22-23,25-26,28-30,32,47,51H,1,6-11,13-15,17-20H2,2-5H3,(H,43,46)(H,44,48)(H,49,50)(H4,40,41,42)/b16-12+/t22-,23-,25?,26?,28+,29?,30+,32+,36-/m1/s1. The first-order chi connectivity index (χ1) is 25.7. The lowest BCUT2D eigenvalue weighted by Gasteiger charge is -2.54. The molecular weight excluding hydrogens is 728 g/mol. The van der Waals surface area contributed by atoms with Crippen molar-refractivity contribution in [1.29, 1.82) is 0 Å². The molecule has 3 rings (SSSR count). The number of aliphatic hydroxyl groups is 2. The number of ether oxygens (including phenoxy) is 4. The average molecular weight is 788 g/mol. The van der Waals surface area contributed by atoms with Crippen LogP contribution in [0.15, 0.2) is 29.3 Å². The number of allylic oxidation sites excluding steroid dienone is 1. The molecule has 0 radical (unpaired) electrons. The Labute approximate surface area is 320 Å². The first kappa shape index (κ1) is 45.8. The van der Waals surface area contributed by atoms with E-state index in [9.17, 15) is 34.5 Å². The Hall–Kier alpha value is -3.55. The summed E-state index contributed by atoms with van der Waals surface area (Å²) in [5.74, 6) is -9.12. The van der Waals surface area contributed by atoms with Crippen molar-refractivity contribution in [3.8, 4) is 0 Å². The lowest BCUT2D eigenvalue weighted by atomic mass is 9.71. The summed E-state index contributed by atoms with van der Waals surface area (Å²) >= 11 is 0. The molecule has 0 aromatic rings. The maximum Gasteiger partial charge on any atom is 0.326 e. The van der Waals surface area contributed by atoms with Crippen molar-refractivity contribution in [2.45, 2.75) is 153 Å². The van der Waals surface area contributed by atoms with Crippen molar-refractivity contribution >= 4 is 29.5 Å². The number of hydrogen-bond donors (Lipinski definition) is 7. The molecule has 3 fully saturated rings. The van der Waals surface area contributed by atoms with E-state index in [1.807, 2.05) is 6.92 Å². The van der Waals surface area contributed by atoms with Crippen LogP contribution >= 0.6 is 0 Å². The Morgan fingerprint density at radius 2 is 1.75 bits per heavy atom. The third-order valence-electron chi connectivity index (χ3n) is 10.7. The molecule has 312 valence electrons. The molecule has 0 saturated carbocycles. The number of nitrogens with zero attached hydrogens (tertiary/aromatic N) is 1. The first-order valence-corrected chi connectivity index (χ1v) is 18.8. The molecule has 2 amide bonds. The number of nitrogens with one attached hydrogen (secondary N) is 2. The van der Waals surface area contributed by atoms with Crippen LogP contribution in [0.5, 0.6) is 0 Å². The number of carbonyl (C=O) groups is 4. The Bertz CT molecular complexity index is 1430. The summed E-state index contributed by atoms with van der Waals surface area (Å²) in [4.78, 5) is 53.5. The van der Waals surface area contributed by atoms with Crippen LogP contribution in [0.4, 0.5) is 8.78 Å². The number of ketones is 1. The average Bonchev–Trinajstić information content (AvgIpc) is 3.10. The van der Waals surface area contributed by atoms with Gasteiger partial charge >= 0.3 is 5.97 Å². The Balaban J connectivity index is 1.44. The summed E-state index contributed by atoms with van der Waals surface area (Å²) in [7, 11) is 0. The van der Waals surface area contributed by atoms with Crippen LogP contribution in [0, 0.1) is 11.3 Å². The van der Waals surface area contributed by atoms with E-state index in [2.05, 4.69) is 22.2 Å². The smallest absolute Gasteiger partial charge is 0.326 e. The summed E-state index contributed by atoms with van der Waals surface area (Å²) in [6, 6.07) is -1.06. The number of Topliss-reactive ketones (excluding diaryl/α,β-unsaturated/α-hetero) is 1. The zero-order valence-electron chi connectivity index (χ0n) is 32.1. The minimum atomic E-state index is -3.51. The van der Waals surface area contributed by atoms with E-state index >= 15 is 8.78 Å². The summed E-state index contributed by atoms with van der Waals surface area (Å²) in [5, 5.41) is 35.9. The quantitative estimate of drug-likeness (QED) is 0.0308. The zero-order chi connectivity index (χ0) is 41.1. The molecule has 0 aromatic heterocycles. The second-order valence-electron chi connectivity index (χ2n) is 15.2. The van der Waals surface area contributed by atoms with E-state index in [0.29, 0.717) is 31.3 Å². The number of unbranched alkanes of at least 4 members (excludes halogenated alkanes) is 5. The van der Waals surface area contributed by atoms with Gasteiger partial charge in [-0.2, -0.15) is 0 Å². The highest BCUT2D eigenvalue weighted by molar-refractivity contribution is 5.91. The summed E-state index contributed by atoms with van der Waals surface area (Å²) < 4.78 is 54.3. The van der Waals surface area contributed by atoms with E-state index in [1.165, 1.54) is 19.9 Å². The zero-order valence-corrected chi connectivity index (χ0v) is 32.1. The van der Waals surface area contributed by atoms with Crippen molar-refractivity contribution < 1.29 is 62.2 Å². The number of aliphatic imine (C=N–C) groups is 1. The van der Waals surface area contributed by atoms with Crippen LogP contribution < -0.4 is 22.1 Å². The predicted molar refractivity (Wildman–Crippen MR) is 195 cm³/mol. The molecule has 0 spiro atoms. The van der Waals surface area contributed by atoms with Gasteiger partial charge in [0.2, 0.25) is 11.7 Å². The number of hydrogen-bond acceptors (Lipinski definition) is 11. The summed E-state index contributed by atoms with van der Waals surface area (Å²) in [6.45, 7) is 9.62. The van der Waals surface area contributed by atoms with Gasteiger partial charge in [-0.15, -0.1) is 0 Å². The fourth-order valence-electron chi connectivity index (χ4n) is 6.82. The predicted octanol–water partition coefficient (Wildman–Crippen LogP) is 2.15. The van der Waals surface area contributed by atoms with Gasteiger partial charge < -0.3 is 56.4 Å². The van der Waals surface area contributed by atoms with Gasteiger partial charge in [-0.3, -0.25) is 19.4 Å². The molecule has 3 heterocycles.